The monoisotopic (exact) mass is 200 g/mol. The van der Waals surface area contributed by atoms with Gasteiger partial charge in [-0.1, -0.05) is 6.42 Å². The van der Waals surface area contributed by atoms with Crippen LogP contribution in [0.3, 0.4) is 0 Å². The van der Waals surface area contributed by atoms with Gasteiger partial charge in [0.25, 0.3) is 0 Å². The van der Waals surface area contributed by atoms with E-state index < -0.39 is 11.9 Å². The molecule has 2 N–H and O–H groups in total. The molecule has 5 nitrogen and oxygen atoms in total. The fourth-order valence-corrected chi connectivity index (χ4v) is 1.59. The number of amides is 1. The van der Waals surface area contributed by atoms with Crippen LogP contribution in [-0.2, 0) is 9.59 Å². The lowest BCUT2D eigenvalue weighted by Crippen LogP contribution is -2.39. The first-order valence-corrected chi connectivity index (χ1v) is 4.93. The lowest BCUT2D eigenvalue weighted by Gasteiger charge is -2.26. The van der Waals surface area contributed by atoms with Gasteiger partial charge >= 0.3 is 11.9 Å². The second-order valence-corrected chi connectivity index (χ2v) is 3.46. The van der Waals surface area contributed by atoms with Gasteiger partial charge in [-0.15, -0.1) is 0 Å². The molecular weight excluding hydrogens is 184 g/mol. The first-order valence-electron chi connectivity index (χ1n) is 4.93. The second kappa shape index (κ2) is 5.59. The molecule has 0 aromatic carbocycles. The molecule has 1 saturated heterocycles. The van der Waals surface area contributed by atoms with E-state index in [0.29, 0.717) is 6.54 Å². The van der Waals surface area contributed by atoms with Gasteiger partial charge in [-0.05, 0) is 25.9 Å². The van der Waals surface area contributed by atoms with Gasteiger partial charge in [0, 0.05) is 13.1 Å². The van der Waals surface area contributed by atoms with Crippen LogP contribution in [0.25, 0.3) is 0 Å². The Balaban J connectivity index is 2.08. The third-order valence-corrected chi connectivity index (χ3v) is 2.36. The summed E-state index contributed by atoms with van der Waals surface area (Å²) in [5, 5.41) is 10.6. The van der Waals surface area contributed by atoms with Gasteiger partial charge in [0.15, 0.2) is 0 Å². The van der Waals surface area contributed by atoms with E-state index >= 15 is 0 Å². The zero-order valence-corrected chi connectivity index (χ0v) is 8.16. The van der Waals surface area contributed by atoms with Gasteiger partial charge in [-0.3, -0.25) is 4.79 Å². The zero-order valence-electron chi connectivity index (χ0n) is 8.16. The van der Waals surface area contributed by atoms with Gasteiger partial charge in [0.2, 0.25) is 0 Å². The number of hydrogen-bond acceptors (Lipinski definition) is 3. The molecule has 1 heterocycles. The Bertz CT molecular complexity index is 212. The maximum atomic E-state index is 10.7. The Morgan fingerprint density at radius 1 is 1.21 bits per heavy atom. The molecule has 1 rings (SSSR count). The van der Waals surface area contributed by atoms with Crippen molar-refractivity contribution in [1.29, 1.82) is 0 Å². The SMILES string of the molecule is O=C(O)C(=O)NCCN1CCCCC1. The van der Waals surface area contributed by atoms with E-state index in [1.165, 1.54) is 19.3 Å². The predicted octanol–water partition coefficient (Wildman–Crippen LogP) is -0.327. The molecule has 1 amide bonds. The highest BCUT2D eigenvalue weighted by Crippen LogP contribution is 2.07. The van der Waals surface area contributed by atoms with Crippen LogP contribution in [0.2, 0.25) is 0 Å². The molecular formula is C9H16N2O3. The van der Waals surface area contributed by atoms with Crippen LogP contribution < -0.4 is 5.32 Å². The maximum absolute atomic E-state index is 10.7. The largest absolute Gasteiger partial charge is 0.474 e. The molecule has 0 bridgehead atoms. The first kappa shape index (κ1) is 11.0. The van der Waals surface area contributed by atoms with Gasteiger partial charge in [0.05, 0.1) is 0 Å². The van der Waals surface area contributed by atoms with Gasteiger partial charge in [-0.25, -0.2) is 4.79 Å². The van der Waals surface area contributed by atoms with Crippen molar-refractivity contribution in [3.63, 3.8) is 0 Å². The van der Waals surface area contributed by atoms with E-state index in [-0.39, 0.29) is 0 Å². The van der Waals surface area contributed by atoms with E-state index in [4.69, 9.17) is 5.11 Å². The van der Waals surface area contributed by atoms with Gasteiger partial charge in [-0.2, -0.15) is 0 Å². The van der Waals surface area contributed by atoms with Crippen molar-refractivity contribution in [3.8, 4) is 0 Å². The highest BCUT2D eigenvalue weighted by Gasteiger charge is 2.12. The number of nitrogens with one attached hydrogen (secondary N) is 1. The Kier molecular flexibility index (Phi) is 4.39. The Hall–Kier alpha value is -1.10. The Morgan fingerprint density at radius 3 is 2.43 bits per heavy atom. The molecule has 14 heavy (non-hydrogen) atoms. The maximum Gasteiger partial charge on any atom is 0.394 e. The topological polar surface area (TPSA) is 69.6 Å². The minimum atomic E-state index is -1.41. The molecule has 0 aliphatic carbocycles. The summed E-state index contributed by atoms with van der Waals surface area (Å²) in [5.74, 6) is -2.33. The molecule has 0 saturated carbocycles. The molecule has 0 spiro atoms. The molecule has 0 aromatic heterocycles. The van der Waals surface area contributed by atoms with E-state index in [0.717, 1.165) is 19.6 Å². The van der Waals surface area contributed by atoms with Crippen LogP contribution in [0.4, 0.5) is 0 Å². The molecule has 0 unspecified atom stereocenters. The predicted molar refractivity (Wildman–Crippen MR) is 50.9 cm³/mol. The number of rotatable bonds is 3. The van der Waals surface area contributed by atoms with Crippen LogP contribution in [-0.4, -0.2) is 48.1 Å². The minimum absolute atomic E-state index is 0.422. The molecule has 80 valence electrons. The number of nitrogens with zero attached hydrogens (tertiary/aromatic N) is 1. The van der Waals surface area contributed by atoms with Gasteiger partial charge in [0.1, 0.15) is 0 Å². The summed E-state index contributed by atoms with van der Waals surface area (Å²) in [5.41, 5.74) is 0. The lowest BCUT2D eigenvalue weighted by atomic mass is 10.1. The normalized spacial score (nSPS) is 17.7. The van der Waals surface area contributed by atoms with Crippen molar-refractivity contribution >= 4 is 11.9 Å². The first-order chi connectivity index (χ1) is 6.70. The van der Waals surface area contributed by atoms with E-state index in [1.807, 2.05) is 0 Å². The zero-order chi connectivity index (χ0) is 10.4. The quantitative estimate of drug-likeness (QED) is 0.612. The number of carbonyl (C=O) groups is 2. The average Bonchev–Trinajstić information content (AvgIpc) is 2.19. The number of aliphatic carboxylic acids is 1. The van der Waals surface area contributed by atoms with Crippen LogP contribution in [0.15, 0.2) is 0 Å². The van der Waals surface area contributed by atoms with Crippen molar-refractivity contribution in [1.82, 2.24) is 10.2 Å². The fraction of sp³-hybridized carbons (Fsp3) is 0.778. The number of hydrogen-bond donors (Lipinski definition) is 2. The van der Waals surface area contributed by atoms with Gasteiger partial charge < -0.3 is 15.3 Å². The number of likely N-dealkylation sites (tertiary alicyclic amines) is 1. The van der Waals surface area contributed by atoms with Crippen molar-refractivity contribution in [3.05, 3.63) is 0 Å². The Morgan fingerprint density at radius 2 is 1.86 bits per heavy atom. The lowest BCUT2D eigenvalue weighted by molar-refractivity contribution is -0.150. The van der Waals surface area contributed by atoms with Crippen molar-refractivity contribution in [2.45, 2.75) is 19.3 Å². The fourth-order valence-electron chi connectivity index (χ4n) is 1.59. The highest BCUT2D eigenvalue weighted by atomic mass is 16.4. The number of carbonyl (C=O) groups excluding carboxylic acids is 1. The third kappa shape index (κ3) is 3.74. The minimum Gasteiger partial charge on any atom is -0.474 e. The smallest absolute Gasteiger partial charge is 0.394 e. The summed E-state index contributed by atoms with van der Waals surface area (Å²) in [6, 6.07) is 0. The molecule has 0 aromatic rings. The standard InChI is InChI=1S/C9H16N2O3/c12-8(9(13)14)10-4-7-11-5-2-1-3-6-11/h1-7H2,(H,10,12)(H,13,14). The summed E-state index contributed by atoms with van der Waals surface area (Å²) in [7, 11) is 0. The van der Waals surface area contributed by atoms with E-state index in [1.54, 1.807) is 0 Å². The molecule has 1 aliphatic rings. The van der Waals surface area contributed by atoms with Crippen LogP contribution in [0.5, 0.6) is 0 Å². The number of carboxylic acids is 1. The molecule has 1 fully saturated rings. The molecule has 1 aliphatic heterocycles. The summed E-state index contributed by atoms with van der Waals surface area (Å²) in [6.45, 7) is 3.29. The summed E-state index contributed by atoms with van der Waals surface area (Å²) >= 11 is 0. The van der Waals surface area contributed by atoms with E-state index in [2.05, 4.69) is 10.2 Å². The van der Waals surface area contributed by atoms with Crippen LogP contribution in [0.1, 0.15) is 19.3 Å². The molecule has 0 atom stereocenters. The summed E-state index contributed by atoms with van der Waals surface area (Å²) < 4.78 is 0. The van der Waals surface area contributed by atoms with E-state index in [9.17, 15) is 9.59 Å². The Labute approximate surface area is 83.1 Å². The average molecular weight is 200 g/mol. The second-order valence-electron chi connectivity index (χ2n) is 3.46. The van der Waals surface area contributed by atoms with Crippen molar-refractivity contribution in [2.24, 2.45) is 0 Å². The van der Waals surface area contributed by atoms with Crippen LogP contribution in [0, 0.1) is 0 Å². The number of piperidine rings is 1. The molecule has 0 radical (unpaired) electrons. The van der Waals surface area contributed by atoms with Crippen molar-refractivity contribution < 1.29 is 14.7 Å². The summed E-state index contributed by atoms with van der Waals surface area (Å²) in [4.78, 5) is 23.1. The number of carboxylic acid groups (broad SMARTS) is 1. The molecule has 5 heteroatoms. The van der Waals surface area contributed by atoms with Crippen LogP contribution >= 0.6 is 0 Å². The highest BCUT2D eigenvalue weighted by molar-refractivity contribution is 6.31. The third-order valence-electron chi connectivity index (χ3n) is 2.36. The summed E-state index contributed by atoms with van der Waals surface area (Å²) in [6.07, 6.45) is 3.68. The van der Waals surface area contributed by atoms with Crippen molar-refractivity contribution in [2.75, 3.05) is 26.2 Å².